The topological polar surface area (TPSA) is 86.3 Å². The smallest absolute Gasteiger partial charge is 0.222 e. The Hall–Kier alpha value is -2.41. The summed E-state index contributed by atoms with van der Waals surface area (Å²) >= 11 is 0. The molecule has 2 aromatic rings. The van der Waals surface area contributed by atoms with Gasteiger partial charge in [0.15, 0.2) is 0 Å². The third-order valence-electron chi connectivity index (χ3n) is 4.41. The average molecular weight is 343 g/mol. The Labute approximate surface area is 147 Å². The number of amides is 1. The summed E-state index contributed by atoms with van der Waals surface area (Å²) in [6.45, 7) is 6.44. The monoisotopic (exact) mass is 343 g/mol. The second kappa shape index (κ2) is 7.65. The van der Waals surface area contributed by atoms with Gasteiger partial charge in [-0.05, 0) is 38.5 Å². The van der Waals surface area contributed by atoms with E-state index in [-0.39, 0.29) is 12.0 Å². The summed E-state index contributed by atoms with van der Waals surface area (Å²) in [4.78, 5) is 18.7. The van der Waals surface area contributed by atoms with E-state index in [0.29, 0.717) is 31.9 Å². The van der Waals surface area contributed by atoms with E-state index in [1.807, 2.05) is 41.6 Å². The molecule has 7 nitrogen and oxygen atoms in total. The summed E-state index contributed by atoms with van der Waals surface area (Å²) in [6.07, 6.45) is 1.08. The van der Waals surface area contributed by atoms with Crippen LogP contribution in [0, 0.1) is 13.8 Å². The molecule has 3 rings (SSSR count). The second-order valence-corrected chi connectivity index (χ2v) is 6.44. The number of anilines is 1. The predicted molar refractivity (Wildman–Crippen MR) is 94.9 cm³/mol. The minimum atomic E-state index is -0.211. The van der Waals surface area contributed by atoms with Crippen molar-refractivity contribution in [3.8, 4) is 0 Å². The van der Waals surface area contributed by atoms with Crippen molar-refractivity contribution in [2.75, 3.05) is 25.4 Å². The summed E-state index contributed by atoms with van der Waals surface area (Å²) in [6, 6.07) is 7.54. The summed E-state index contributed by atoms with van der Waals surface area (Å²) in [5, 5.41) is 4.43. The molecular formula is C18H25N5O2. The molecule has 1 aliphatic rings. The molecule has 3 heterocycles. The van der Waals surface area contributed by atoms with Crippen molar-refractivity contribution in [1.29, 1.82) is 0 Å². The SMILES string of the molecule is Cc1cc(C)n(CCCC(=O)N2CCO[C@H](c3cccc(N)n3)C2)n1. The quantitative estimate of drug-likeness (QED) is 0.895. The Morgan fingerprint density at radius 3 is 2.96 bits per heavy atom. The highest BCUT2D eigenvalue weighted by Gasteiger charge is 2.26. The van der Waals surface area contributed by atoms with E-state index in [4.69, 9.17) is 10.5 Å². The Balaban J connectivity index is 1.52. The highest BCUT2D eigenvalue weighted by Crippen LogP contribution is 2.22. The average Bonchev–Trinajstić information content (AvgIpc) is 2.92. The molecule has 1 atom stereocenters. The molecule has 1 aliphatic heterocycles. The van der Waals surface area contributed by atoms with Gasteiger partial charge >= 0.3 is 0 Å². The fourth-order valence-corrected chi connectivity index (χ4v) is 3.14. The van der Waals surface area contributed by atoms with Crippen LogP contribution in [0.3, 0.4) is 0 Å². The van der Waals surface area contributed by atoms with Crippen molar-refractivity contribution < 1.29 is 9.53 Å². The van der Waals surface area contributed by atoms with Crippen LogP contribution in [-0.4, -0.2) is 45.3 Å². The molecular weight excluding hydrogens is 318 g/mol. The number of hydrogen-bond donors (Lipinski definition) is 1. The molecule has 2 aromatic heterocycles. The second-order valence-electron chi connectivity index (χ2n) is 6.44. The lowest BCUT2D eigenvalue weighted by Crippen LogP contribution is -2.42. The van der Waals surface area contributed by atoms with Crippen LogP contribution in [0.2, 0.25) is 0 Å². The van der Waals surface area contributed by atoms with Crippen LogP contribution in [0.15, 0.2) is 24.3 Å². The number of pyridine rings is 1. The molecule has 0 saturated carbocycles. The number of rotatable bonds is 5. The van der Waals surface area contributed by atoms with Crippen molar-refractivity contribution >= 4 is 11.7 Å². The zero-order valence-electron chi connectivity index (χ0n) is 14.8. The normalized spacial score (nSPS) is 17.7. The number of nitrogen functional groups attached to an aromatic ring is 1. The molecule has 0 bridgehead atoms. The molecule has 25 heavy (non-hydrogen) atoms. The number of nitrogens with zero attached hydrogens (tertiary/aromatic N) is 4. The number of hydrogen-bond acceptors (Lipinski definition) is 5. The van der Waals surface area contributed by atoms with Crippen molar-refractivity contribution in [3.05, 3.63) is 41.3 Å². The first-order chi connectivity index (χ1) is 12.0. The minimum Gasteiger partial charge on any atom is -0.384 e. The third kappa shape index (κ3) is 4.36. The van der Waals surface area contributed by atoms with Gasteiger partial charge < -0.3 is 15.4 Å². The Morgan fingerprint density at radius 2 is 2.24 bits per heavy atom. The number of carbonyl (C=O) groups excluding carboxylic acids is 1. The highest BCUT2D eigenvalue weighted by molar-refractivity contribution is 5.76. The van der Waals surface area contributed by atoms with Gasteiger partial charge in [0, 0.05) is 25.2 Å². The van der Waals surface area contributed by atoms with Crippen LogP contribution < -0.4 is 5.73 Å². The van der Waals surface area contributed by atoms with E-state index in [0.717, 1.165) is 30.0 Å². The molecule has 134 valence electrons. The van der Waals surface area contributed by atoms with Crippen molar-refractivity contribution in [2.45, 2.75) is 39.3 Å². The number of carbonyl (C=O) groups is 1. The highest BCUT2D eigenvalue weighted by atomic mass is 16.5. The molecule has 0 aliphatic carbocycles. The fraction of sp³-hybridized carbons (Fsp3) is 0.500. The van der Waals surface area contributed by atoms with Crippen LogP contribution in [0.5, 0.6) is 0 Å². The van der Waals surface area contributed by atoms with Crippen molar-refractivity contribution in [2.24, 2.45) is 0 Å². The Kier molecular flexibility index (Phi) is 5.33. The van der Waals surface area contributed by atoms with Gasteiger partial charge in [0.1, 0.15) is 11.9 Å². The third-order valence-corrected chi connectivity index (χ3v) is 4.41. The largest absolute Gasteiger partial charge is 0.384 e. The van der Waals surface area contributed by atoms with Gasteiger partial charge in [0.25, 0.3) is 0 Å². The lowest BCUT2D eigenvalue weighted by molar-refractivity contribution is -0.139. The molecule has 0 aromatic carbocycles. The van der Waals surface area contributed by atoms with E-state index >= 15 is 0 Å². The molecule has 1 saturated heterocycles. The minimum absolute atomic E-state index is 0.152. The lowest BCUT2D eigenvalue weighted by Gasteiger charge is -2.32. The fourth-order valence-electron chi connectivity index (χ4n) is 3.14. The van der Waals surface area contributed by atoms with E-state index in [9.17, 15) is 4.79 Å². The molecule has 1 fully saturated rings. The number of ether oxygens (including phenoxy) is 1. The van der Waals surface area contributed by atoms with E-state index in [2.05, 4.69) is 10.1 Å². The zero-order valence-corrected chi connectivity index (χ0v) is 14.8. The first-order valence-electron chi connectivity index (χ1n) is 8.66. The van der Waals surface area contributed by atoms with Gasteiger partial charge in [-0.3, -0.25) is 9.48 Å². The first-order valence-corrected chi connectivity index (χ1v) is 8.66. The van der Waals surface area contributed by atoms with Gasteiger partial charge in [-0.1, -0.05) is 6.07 Å². The first kappa shape index (κ1) is 17.4. The molecule has 7 heteroatoms. The number of aromatic nitrogens is 3. The van der Waals surface area contributed by atoms with Crippen LogP contribution >= 0.6 is 0 Å². The summed E-state index contributed by atoms with van der Waals surface area (Å²) in [5.74, 6) is 0.619. The van der Waals surface area contributed by atoms with Crippen LogP contribution in [0.1, 0.15) is 36.0 Å². The Bertz CT molecular complexity index is 743. The standard InChI is InChI=1S/C18H25N5O2/c1-13-11-14(2)23(21-13)8-4-7-18(24)22-9-10-25-16(12-22)15-5-3-6-17(19)20-15/h3,5-6,11,16H,4,7-10,12H2,1-2H3,(H2,19,20)/t16-/m0/s1. The van der Waals surface area contributed by atoms with E-state index in [1.54, 1.807) is 6.07 Å². The summed E-state index contributed by atoms with van der Waals surface area (Å²) in [7, 11) is 0. The maximum absolute atomic E-state index is 12.5. The van der Waals surface area contributed by atoms with Crippen LogP contribution in [0.25, 0.3) is 0 Å². The Morgan fingerprint density at radius 1 is 1.40 bits per heavy atom. The number of morpholine rings is 1. The molecule has 0 spiro atoms. The van der Waals surface area contributed by atoms with E-state index < -0.39 is 0 Å². The summed E-state index contributed by atoms with van der Waals surface area (Å²) in [5.41, 5.74) is 8.65. The van der Waals surface area contributed by atoms with Crippen LogP contribution in [-0.2, 0) is 16.1 Å². The van der Waals surface area contributed by atoms with Gasteiger partial charge in [0.05, 0.1) is 24.5 Å². The van der Waals surface area contributed by atoms with Crippen molar-refractivity contribution in [1.82, 2.24) is 19.7 Å². The maximum Gasteiger partial charge on any atom is 0.222 e. The van der Waals surface area contributed by atoms with Gasteiger partial charge in [-0.2, -0.15) is 5.10 Å². The molecule has 2 N–H and O–H groups in total. The van der Waals surface area contributed by atoms with Crippen LogP contribution in [0.4, 0.5) is 5.82 Å². The summed E-state index contributed by atoms with van der Waals surface area (Å²) < 4.78 is 7.73. The lowest BCUT2D eigenvalue weighted by atomic mass is 10.1. The molecule has 0 radical (unpaired) electrons. The zero-order chi connectivity index (χ0) is 17.8. The molecule has 0 unspecified atom stereocenters. The van der Waals surface area contributed by atoms with Gasteiger partial charge in [0.2, 0.25) is 5.91 Å². The number of nitrogens with two attached hydrogens (primary N) is 1. The predicted octanol–water partition coefficient (Wildman–Crippen LogP) is 1.86. The van der Waals surface area contributed by atoms with Gasteiger partial charge in [-0.25, -0.2) is 4.98 Å². The molecule has 1 amide bonds. The maximum atomic E-state index is 12.5. The van der Waals surface area contributed by atoms with E-state index in [1.165, 1.54) is 0 Å². The van der Waals surface area contributed by atoms with Crippen molar-refractivity contribution in [3.63, 3.8) is 0 Å². The number of aryl methyl sites for hydroxylation is 3. The van der Waals surface area contributed by atoms with Gasteiger partial charge in [-0.15, -0.1) is 0 Å².